The van der Waals surface area contributed by atoms with Crippen LogP contribution >= 0.6 is 23.1 Å². The number of nitrogens with zero attached hydrogens (tertiary/aromatic N) is 1. The number of carbonyl (C=O) groups is 2. The number of thiazole rings is 1. The molecule has 0 saturated heterocycles. The van der Waals surface area contributed by atoms with Gasteiger partial charge in [0.05, 0.1) is 21.5 Å². The maximum atomic E-state index is 12.9. The van der Waals surface area contributed by atoms with E-state index in [1.54, 1.807) is 65.6 Å². The first kappa shape index (κ1) is 22.2. The maximum absolute atomic E-state index is 12.9. The monoisotopic (exact) mass is 491 g/mol. The minimum absolute atomic E-state index is 0.131. The molecule has 0 bridgehead atoms. The van der Waals surface area contributed by atoms with Gasteiger partial charge in [-0.1, -0.05) is 36.0 Å². The molecule has 0 spiro atoms. The number of carbonyl (C=O) groups excluding carboxylic acids is 2. The second-order valence-electron chi connectivity index (χ2n) is 7.52. The van der Waals surface area contributed by atoms with Crippen LogP contribution in [0.1, 0.15) is 23.2 Å². The number of fused-ring (bicyclic) bond motifs is 2. The molecule has 0 radical (unpaired) electrons. The first-order valence-electron chi connectivity index (χ1n) is 10.7. The smallest absolute Gasteiger partial charge is 0.257 e. The summed E-state index contributed by atoms with van der Waals surface area (Å²) in [7, 11) is 0. The van der Waals surface area contributed by atoms with Crippen LogP contribution in [0.25, 0.3) is 10.2 Å². The van der Waals surface area contributed by atoms with Crippen molar-refractivity contribution in [3.63, 3.8) is 0 Å². The van der Waals surface area contributed by atoms with Crippen molar-refractivity contribution in [2.45, 2.75) is 17.2 Å². The Bertz CT molecular complexity index is 1320. The Hall–Kier alpha value is -3.56. The number of amides is 2. The van der Waals surface area contributed by atoms with Crippen LogP contribution in [0.15, 0.2) is 71.1 Å². The van der Waals surface area contributed by atoms with Gasteiger partial charge in [-0.15, -0.1) is 11.3 Å². The van der Waals surface area contributed by atoms with Crippen LogP contribution in [0.5, 0.6) is 11.5 Å². The third-order valence-electron chi connectivity index (χ3n) is 5.12. The van der Waals surface area contributed by atoms with E-state index in [9.17, 15) is 9.59 Å². The fourth-order valence-electron chi connectivity index (χ4n) is 3.48. The maximum Gasteiger partial charge on any atom is 0.257 e. The van der Waals surface area contributed by atoms with Gasteiger partial charge in [-0.2, -0.15) is 0 Å². The highest BCUT2D eigenvalue weighted by molar-refractivity contribution is 8.01. The largest absolute Gasteiger partial charge is 0.454 e. The Morgan fingerprint density at radius 1 is 0.971 bits per heavy atom. The van der Waals surface area contributed by atoms with Gasteiger partial charge in [-0.25, -0.2) is 4.98 Å². The summed E-state index contributed by atoms with van der Waals surface area (Å²) in [6, 6.07) is 20.2. The van der Waals surface area contributed by atoms with Crippen molar-refractivity contribution < 1.29 is 19.1 Å². The van der Waals surface area contributed by atoms with Gasteiger partial charge >= 0.3 is 0 Å². The van der Waals surface area contributed by atoms with E-state index < -0.39 is 0 Å². The molecule has 0 saturated carbocycles. The molecular weight excluding hydrogens is 470 g/mol. The van der Waals surface area contributed by atoms with Crippen LogP contribution in [0.2, 0.25) is 0 Å². The van der Waals surface area contributed by atoms with Crippen molar-refractivity contribution in [2.75, 3.05) is 23.2 Å². The molecule has 2 heterocycles. The second kappa shape index (κ2) is 10.1. The lowest BCUT2D eigenvalue weighted by molar-refractivity contribution is -0.116. The van der Waals surface area contributed by atoms with Gasteiger partial charge in [0.1, 0.15) is 0 Å². The molecule has 4 aromatic rings. The fraction of sp³-hybridized carbons (Fsp3) is 0.160. The third kappa shape index (κ3) is 5.16. The molecule has 1 aromatic heterocycles. The highest BCUT2D eigenvalue weighted by Gasteiger charge is 2.17. The van der Waals surface area contributed by atoms with Crippen molar-refractivity contribution in [1.82, 2.24) is 4.98 Å². The van der Waals surface area contributed by atoms with Crippen LogP contribution in [0.3, 0.4) is 0 Å². The zero-order valence-corrected chi connectivity index (χ0v) is 19.7. The standard InChI is InChI=1S/C25H21N3O4S2/c29-23(10-5-13-33-25-28-19-8-3-4-9-22(19)34-25)27-18-7-2-1-6-17(18)24(30)26-16-11-12-20-21(14-16)32-15-31-20/h1-4,6-9,11-12,14H,5,10,13,15H2,(H,26,30)(H,27,29). The number of ether oxygens (including phenoxy) is 2. The lowest BCUT2D eigenvalue weighted by atomic mass is 10.1. The number of anilines is 2. The van der Waals surface area contributed by atoms with Crippen molar-refractivity contribution in [3.8, 4) is 11.5 Å². The third-order valence-corrected chi connectivity index (χ3v) is 7.39. The van der Waals surface area contributed by atoms with Crippen molar-refractivity contribution in [3.05, 3.63) is 72.3 Å². The first-order chi connectivity index (χ1) is 16.7. The van der Waals surface area contributed by atoms with Crippen molar-refractivity contribution >= 4 is 56.5 Å². The highest BCUT2D eigenvalue weighted by atomic mass is 32.2. The number of para-hydroxylation sites is 2. The number of hydrogen-bond donors (Lipinski definition) is 2. The zero-order valence-electron chi connectivity index (χ0n) is 18.1. The van der Waals surface area contributed by atoms with Gasteiger partial charge in [0.25, 0.3) is 5.91 Å². The molecule has 0 atom stereocenters. The van der Waals surface area contributed by atoms with Crippen molar-refractivity contribution in [1.29, 1.82) is 0 Å². The van der Waals surface area contributed by atoms with E-state index in [-0.39, 0.29) is 18.6 Å². The fourth-order valence-corrected chi connectivity index (χ4v) is 5.56. The molecule has 1 aliphatic rings. The number of aromatic nitrogens is 1. The Morgan fingerprint density at radius 2 is 1.79 bits per heavy atom. The Labute approximate surface area is 204 Å². The van der Waals surface area contributed by atoms with E-state index in [0.717, 1.165) is 15.6 Å². The molecule has 1 aliphatic heterocycles. The first-order valence-corrected chi connectivity index (χ1v) is 12.5. The van der Waals surface area contributed by atoms with Crippen LogP contribution < -0.4 is 20.1 Å². The molecule has 172 valence electrons. The second-order valence-corrected chi connectivity index (χ2v) is 9.89. The predicted octanol–water partition coefficient (Wildman–Crippen LogP) is 5.79. The van der Waals surface area contributed by atoms with E-state index in [2.05, 4.69) is 21.7 Å². The van der Waals surface area contributed by atoms with Crippen LogP contribution in [-0.2, 0) is 4.79 Å². The summed E-state index contributed by atoms with van der Waals surface area (Å²) >= 11 is 3.32. The van der Waals surface area contributed by atoms with Gasteiger partial charge in [0.2, 0.25) is 12.7 Å². The van der Waals surface area contributed by atoms with Gasteiger partial charge in [-0.3, -0.25) is 9.59 Å². The van der Waals surface area contributed by atoms with E-state index in [4.69, 9.17) is 9.47 Å². The average Bonchev–Trinajstić information content (AvgIpc) is 3.48. The van der Waals surface area contributed by atoms with E-state index in [0.29, 0.717) is 41.3 Å². The molecule has 5 rings (SSSR count). The lowest BCUT2D eigenvalue weighted by Crippen LogP contribution is -2.18. The summed E-state index contributed by atoms with van der Waals surface area (Å²) in [4.78, 5) is 30.0. The molecule has 0 fully saturated rings. The van der Waals surface area contributed by atoms with Gasteiger partial charge in [0, 0.05) is 23.9 Å². The van der Waals surface area contributed by atoms with Gasteiger partial charge < -0.3 is 20.1 Å². The van der Waals surface area contributed by atoms with Crippen molar-refractivity contribution in [2.24, 2.45) is 0 Å². The Balaban J connectivity index is 1.14. The Kier molecular flexibility index (Phi) is 6.64. The predicted molar refractivity (Wildman–Crippen MR) is 135 cm³/mol. The molecule has 9 heteroatoms. The average molecular weight is 492 g/mol. The number of benzene rings is 3. The SMILES string of the molecule is O=C(CCCSc1nc2ccccc2s1)Nc1ccccc1C(=O)Nc1ccc2c(c1)OCO2. The van der Waals surface area contributed by atoms with E-state index in [1.165, 1.54) is 4.70 Å². The molecule has 2 amide bonds. The normalized spacial score (nSPS) is 12.0. The molecule has 3 aromatic carbocycles. The molecule has 0 aliphatic carbocycles. The van der Waals surface area contributed by atoms with Crippen LogP contribution in [0.4, 0.5) is 11.4 Å². The quantitative estimate of drug-likeness (QED) is 0.240. The summed E-state index contributed by atoms with van der Waals surface area (Å²) in [5.41, 5.74) is 2.45. The summed E-state index contributed by atoms with van der Waals surface area (Å²) in [5, 5.41) is 5.72. The number of rotatable bonds is 8. The number of nitrogens with one attached hydrogen (secondary N) is 2. The zero-order chi connectivity index (χ0) is 23.3. The summed E-state index contributed by atoms with van der Waals surface area (Å²) in [5.74, 6) is 1.57. The highest BCUT2D eigenvalue weighted by Crippen LogP contribution is 2.34. The topological polar surface area (TPSA) is 89.6 Å². The van der Waals surface area contributed by atoms with E-state index >= 15 is 0 Å². The minimum Gasteiger partial charge on any atom is -0.454 e. The molecule has 34 heavy (non-hydrogen) atoms. The van der Waals surface area contributed by atoms with Crippen LogP contribution in [0, 0.1) is 0 Å². The molecule has 0 unspecified atom stereocenters. The van der Waals surface area contributed by atoms with E-state index in [1.807, 2.05) is 18.2 Å². The number of thioether (sulfide) groups is 1. The Morgan fingerprint density at radius 3 is 2.71 bits per heavy atom. The summed E-state index contributed by atoms with van der Waals surface area (Å²) in [6.45, 7) is 0.167. The molecular formula is C25H21N3O4S2. The lowest BCUT2D eigenvalue weighted by Gasteiger charge is -2.12. The van der Waals surface area contributed by atoms with Gasteiger partial charge in [-0.05, 0) is 42.8 Å². The van der Waals surface area contributed by atoms with Crippen LogP contribution in [-0.4, -0.2) is 29.3 Å². The summed E-state index contributed by atoms with van der Waals surface area (Å²) in [6.07, 6.45) is 1.06. The summed E-state index contributed by atoms with van der Waals surface area (Å²) < 4.78 is 12.8. The number of hydrogen-bond acceptors (Lipinski definition) is 7. The molecule has 7 nitrogen and oxygen atoms in total. The minimum atomic E-state index is -0.318. The molecule has 2 N–H and O–H groups in total. The van der Waals surface area contributed by atoms with Gasteiger partial charge in [0.15, 0.2) is 15.8 Å².